The van der Waals surface area contributed by atoms with Gasteiger partial charge in [-0.15, -0.1) is 11.3 Å². The third-order valence-corrected chi connectivity index (χ3v) is 5.93. The molecule has 0 aliphatic rings. The summed E-state index contributed by atoms with van der Waals surface area (Å²) < 4.78 is 49.8. The van der Waals surface area contributed by atoms with Crippen molar-refractivity contribution in [3.63, 3.8) is 0 Å². The molecule has 2 aromatic rings. The van der Waals surface area contributed by atoms with Gasteiger partial charge in [-0.2, -0.15) is 18.3 Å². The van der Waals surface area contributed by atoms with E-state index in [2.05, 4.69) is 10.4 Å². The molecular weight excluding hydrogens is 475 g/mol. The van der Waals surface area contributed by atoms with Crippen LogP contribution in [-0.2, 0) is 27.0 Å². The molecular formula is C19H21ClF3N3O5S. The summed E-state index contributed by atoms with van der Waals surface area (Å²) in [5.41, 5.74) is -0.845. The number of rotatable bonds is 8. The van der Waals surface area contributed by atoms with Crippen LogP contribution >= 0.6 is 22.9 Å². The Morgan fingerprint density at radius 2 is 1.72 bits per heavy atom. The summed E-state index contributed by atoms with van der Waals surface area (Å²) in [4.78, 5) is 37.1. The predicted octanol–water partition coefficient (Wildman–Crippen LogP) is 4.62. The number of aromatic nitrogens is 2. The summed E-state index contributed by atoms with van der Waals surface area (Å²) >= 11 is 6.56. The number of halogens is 4. The molecule has 2 aromatic heterocycles. The zero-order valence-corrected chi connectivity index (χ0v) is 19.3. The maximum Gasteiger partial charge on any atom is 0.436 e. The molecule has 0 unspecified atom stereocenters. The van der Waals surface area contributed by atoms with Gasteiger partial charge >= 0.3 is 18.1 Å². The van der Waals surface area contributed by atoms with Gasteiger partial charge in [0.15, 0.2) is 5.69 Å². The van der Waals surface area contributed by atoms with E-state index in [1.807, 2.05) is 0 Å². The van der Waals surface area contributed by atoms with Gasteiger partial charge in [-0.05, 0) is 33.3 Å². The Morgan fingerprint density at radius 3 is 2.25 bits per heavy atom. The van der Waals surface area contributed by atoms with E-state index >= 15 is 0 Å². The number of alkyl halides is 3. The molecule has 0 saturated heterocycles. The quantitative estimate of drug-likeness (QED) is 0.537. The number of ether oxygens (including phenoxy) is 2. The molecule has 2 rings (SSSR count). The maximum absolute atomic E-state index is 13.0. The van der Waals surface area contributed by atoms with Crippen molar-refractivity contribution in [1.82, 2.24) is 9.78 Å². The highest BCUT2D eigenvalue weighted by atomic mass is 35.5. The van der Waals surface area contributed by atoms with Crippen molar-refractivity contribution in [2.75, 3.05) is 18.5 Å². The Labute approximate surface area is 190 Å². The first-order chi connectivity index (χ1) is 14.9. The van der Waals surface area contributed by atoms with Crippen molar-refractivity contribution in [2.24, 2.45) is 0 Å². The van der Waals surface area contributed by atoms with E-state index in [1.54, 1.807) is 13.8 Å². The normalized spacial score (nSPS) is 11.4. The SMILES string of the molecule is CCOC(=O)c1sc(NC(=O)CCn2nc(C(F)(F)F)c(Cl)c2C)c(C(=O)OCC)c1C. The topological polar surface area (TPSA) is 99.5 Å². The van der Waals surface area contributed by atoms with E-state index < -0.39 is 34.7 Å². The van der Waals surface area contributed by atoms with Crippen LogP contribution < -0.4 is 5.32 Å². The van der Waals surface area contributed by atoms with Crippen LogP contribution in [0.5, 0.6) is 0 Å². The molecule has 32 heavy (non-hydrogen) atoms. The van der Waals surface area contributed by atoms with E-state index in [0.29, 0.717) is 5.56 Å². The van der Waals surface area contributed by atoms with Crippen molar-refractivity contribution in [2.45, 2.75) is 46.8 Å². The lowest BCUT2D eigenvalue weighted by Crippen LogP contribution is -2.17. The minimum atomic E-state index is -4.72. The first-order valence-corrected chi connectivity index (χ1v) is 10.7. The van der Waals surface area contributed by atoms with Crippen LogP contribution in [0.3, 0.4) is 0 Å². The zero-order valence-electron chi connectivity index (χ0n) is 17.7. The summed E-state index contributed by atoms with van der Waals surface area (Å²) in [7, 11) is 0. The monoisotopic (exact) mass is 495 g/mol. The average molecular weight is 496 g/mol. The molecule has 8 nitrogen and oxygen atoms in total. The van der Waals surface area contributed by atoms with Crippen LogP contribution in [0.4, 0.5) is 18.2 Å². The molecule has 1 N–H and O–H groups in total. The van der Waals surface area contributed by atoms with Crippen LogP contribution in [0, 0.1) is 13.8 Å². The molecule has 0 radical (unpaired) electrons. The second-order valence-corrected chi connectivity index (χ2v) is 7.87. The number of esters is 2. The molecule has 1 amide bonds. The first-order valence-electron chi connectivity index (χ1n) is 9.49. The van der Waals surface area contributed by atoms with Crippen molar-refractivity contribution in [3.05, 3.63) is 32.4 Å². The average Bonchev–Trinajstić information content (AvgIpc) is 3.17. The molecule has 176 valence electrons. The van der Waals surface area contributed by atoms with Gasteiger partial charge in [0.1, 0.15) is 9.88 Å². The summed E-state index contributed by atoms with van der Waals surface area (Å²) in [6, 6.07) is 0. The highest BCUT2D eigenvalue weighted by Crippen LogP contribution is 2.36. The fourth-order valence-electron chi connectivity index (χ4n) is 2.76. The van der Waals surface area contributed by atoms with E-state index in [4.69, 9.17) is 21.1 Å². The standard InChI is InChI=1S/C19H21ClF3N3O5S/c1-5-30-17(28)12-9(3)14(18(29)31-6-2)32-16(12)24-11(27)7-8-26-10(4)13(20)15(25-26)19(21,22)23/h5-8H2,1-4H3,(H,24,27). The van der Waals surface area contributed by atoms with E-state index in [0.717, 1.165) is 16.0 Å². The number of carbonyl (C=O) groups excluding carboxylic acids is 3. The van der Waals surface area contributed by atoms with Gasteiger partial charge in [-0.1, -0.05) is 11.6 Å². The molecule has 13 heteroatoms. The first kappa shape index (κ1) is 25.7. The number of hydrogen-bond donors (Lipinski definition) is 1. The zero-order chi connectivity index (χ0) is 24.2. The number of amides is 1. The summed E-state index contributed by atoms with van der Waals surface area (Å²) in [6.07, 6.45) is -4.98. The van der Waals surface area contributed by atoms with Crippen molar-refractivity contribution >= 4 is 45.8 Å². The minimum absolute atomic E-state index is 0.0194. The fraction of sp³-hybridized carbons (Fsp3) is 0.474. The van der Waals surface area contributed by atoms with E-state index in [9.17, 15) is 27.6 Å². The second kappa shape index (κ2) is 10.3. The summed E-state index contributed by atoms with van der Waals surface area (Å²) in [5.74, 6) is -1.98. The molecule has 2 heterocycles. The van der Waals surface area contributed by atoms with Crippen LogP contribution in [0.15, 0.2) is 0 Å². The van der Waals surface area contributed by atoms with Gasteiger partial charge in [0.2, 0.25) is 5.91 Å². The Morgan fingerprint density at radius 1 is 1.12 bits per heavy atom. The number of hydrogen-bond acceptors (Lipinski definition) is 7. The van der Waals surface area contributed by atoms with Crippen LogP contribution in [-0.4, -0.2) is 40.8 Å². The Kier molecular flexibility index (Phi) is 8.29. The van der Waals surface area contributed by atoms with Crippen molar-refractivity contribution in [1.29, 1.82) is 0 Å². The maximum atomic E-state index is 13.0. The number of thiophene rings is 1. The third-order valence-electron chi connectivity index (χ3n) is 4.29. The Balaban J connectivity index is 2.23. The molecule has 0 saturated carbocycles. The number of anilines is 1. The lowest BCUT2D eigenvalue weighted by molar-refractivity contribution is -0.141. The van der Waals surface area contributed by atoms with Crippen LogP contribution in [0.1, 0.15) is 57.2 Å². The van der Waals surface area contributed by atoms with Crippen LogP contribution in [0.25, 0.3) is 0 Å². The predicted molar refractivity (Wildman–Crippen MR) is 111 cm³/mol. The van der Waals surface area contributed by atoms with Crippen molar-refractivity contribution < 1.29 is 37.0 Å². The highest BCUT2D eigenvalue weighted by Gasteiger charge is 2.38. The Hall–Kier alpha value is -2.60. The Bertz CT molecular complexity index is 1030. The van der Waals surface area contributed by atoms with Gasteiger partial charge in [0.25, 0.3) is 0 Å². The van der Waals surface area contributed by atoms with Crippen molar-refractivity contribution in [3.8, 4) is 0 Å². The number of nitrogens with zero attached hydrogens (tertiary/aromatic N) is 2. The van der Waals surface area contributed by atoms with E-state index in [-0.39, 0.29) is 47.3 Å². The number of aryl methyl sites for hydroxylation is 1. The van der Waals surface area contributed by atoms with Gasteiger partial charge < -0.3 is 14.8 Å². The molecule has 0 bridgehead atoms. The summed E-state index contributed by atoms with van der Waals surface area (Å²) in [6.45, 7) is 6.14. The fourth-order valence-corrected chi connectivity index (χ4v) is 4.11. The smallest absolute Gasteiger partial charge is 0.436 e. The van der Waals surface area contributed by atoms with Gasteiger partial charge in [0.05, 0.1) is 36.0 Å². The number of carbonyl (C=O) groups is 3. The minimum Gasteiger partial charge on any atom is -0.462 e. The largest absolute Gasteiger partial charge is 0.462 e. The lowest BCUT2D eigenvalue weighted by atomic mass is 10.1. The van der Waals surface area contributed by atoms with Gasteiger partial charge in [-0.3, -0.25) is 9.48 Å². The van der Waals surface area contributed by atoms with Crippen LogP contribution in [0.2, 0.25) is 5.02 Å². The molecule has 0 aliphatic carbocycles. The second-order valence-electron chi connectivity index (χ2n) is 6.47. The molecule has 0 spiro atoms. The number of nitrogens with one attached hydrogen (secondary N) is 1. The van der Waals surface area contributed by atoms with Gasteiger partial charge in [0, 0.05) is 6.42 Å². The highest BCUT2D eigenvalue weighted by molar-refractivity contribution is 7.18. The molecule has 0 fully saturated rings. The molecule has 0 atom stereocenters. The molecule has 0 aliphatic heterocycles. The lowest BCUT2D eigenvalue weighted by Gasteiger charge is -2.08. The third kappa shape index (κ3) is 5.60. The molecule has 0 aromatic carbocycles. The summed E-state index contributed by atoms with van der Waals surface area (Å²) in [5, 5.41) is 5.51. The van der Waals surface area contributed by atoms with E-state index in [1.165, 1.54) is 13.8 Å². The van der Waals surface area contributed by atoms with Gasteiger partial charge in [-0.25, -0.2) is 9.59 Å².